The Hall–Kier alpha value is -1.10. The van der Waals surface area contributed by atoms with E-state index in [1.165, 1.54) is 0 Å². The smallest absolute Gasteiger partial charge is 0.211 e. The topological polar surface area (TPSA) is 46.2 Å². The molecule has 2 aromatic rings. The molecule has 0 saturated heterocycles. The van der Waals surface area contributed by atoms with Crippen LogP contribution in [0.15, 0.2) is 41.3 Å². The van der Waals surface area contributed by atoms with Gasteiger partial charge in [0, 0.05) is 22.3 Å². The molecule has 0 spiro atoms. The molecule has 0 radical (unpaired) electrons. The van der Waals surface area contributed by atoms with E-state index in [4.69, 9.17) is 11.6 Å². The quantitative estimate of drug-likeness (QED) is 0.931. The van der Waals surface area contributed by atoms with Gasteiger partial charge in [-0.1, -0.05) is 42.8 Å². The van der Waals surface area contributed by atoms with Crippen molar-refractivity contribution in [2.75, 3.05) is 6.54 Å². The van der Waals surface area contributed by atoms with Gasteiger partial charge in [-0.15, -0.1) is 0 Å². The van der Waals surface area contributed by atoms with Crippen LogP contribution in [-0.4, -0.2) is 15.0 Å². The van der Waals surface area contributed by atoms with Gasteiger partial charge in [-0.3, -0.25) is 0 Å². The van der Waals surface area contributed by atoms with E-state index in [-0.39, 0.29) is 4.90 Å². The average Bonchev–Trinajstić information content (AvgIpc) is 2.29. The highest BCUT2D eigenvalue weighted by Gasteiger charge is 2.16. The lowest BCUT2D eigenvalue weighted by molar-refractivity contribution is 0.585. The number of hydrogen-bond acceptors (Lipinski definition) is 2. The molecule has 0 aliphatic heterocycles. The summed E-state index contributed by atoms with van der Waals surface area (Å²) >= 11 is 6.04. The molecule has 0 aromatic heterocycles. The van der Waals surface area contributed by atoms with Gasteiger partial charge in [0.05, 0.1) is 4.90 Å². The Balaban J connectivity index is 2.76. The number of halogens is 1. The Kier molecular flexibility index (Phi) is 3.38. The summed E-state index contributed by atoms with van der Waals surface area (Å²) in [7, 11) is -3.46. The van der Waals surface area contributed by atoms with Crippen LogP contribution in [-0.2, 0) is 10.0 Å². The zero-order chi connectivity index (χ0) is 12.5. The Morgan fingerprint density at radius 3 is 2.47 bits per heavy atom. The normalized spacial score (nSPS) is 11.9. The first-order valence-electron chi connectivity index (χ1n) is 5.23. The third-order valence-electron chi connectivity index (χ3n) is 2.45. The van der Waals surface area contributed by atoms with Crippen LogP contribution in [0, 0.1) is 0 Å². The highest BCUT2D eigenvalue weighted by molar-refractivity contribution is 7.89. The van der Waals surface area contributed by atoms with Crippen molar-refractivity contribution >= 4 is 32.4 Å². The van der Waals surface area contributed by atoms with Crippen LogP contribution in [0.5, 0.6) is 0 Å². The van der Waals surface area contributed by atoms with Crippen molar-refractivity contribution in [3.05, 3.63) is 41.4 Å². The maximum Gasteiger partial charge on any atom is 0.241 e. The van der Waals surface area contributed by atoms with Gasteiger partial charge in [0.15, 0.2) is 0 Å². The molecule has 0 aliphatic carbocycles. The van der Waals surface area contributed by atoms with E-state index in [0.29, 0.717) is 17.0 Å². The SMILES string of the molecule is CCNS(=O)(=O)c1cccc2c(Cl)cccc12. The van der Waals surface area contributed by atoms with Crippen LogP contribution in [0.3, 0.4) is 0 Å². The summed E-state index contributed by atoms with van der Waals surface area (Å²) < 4.78 is 26.5. The fraction of sp³-hybridized carbons (Fsp3) is 0.167. The fourth-order valence-corrected chi connectivity index (χ4v) is 3.24. The second-order valence-corrected chi connectivity index (χ2v) is 5.74. The van der Waals surface area contributed by atoms with E-state index in [1.807, 2.05) is 6.07 Å². The maximum absolute atomic E-state index is 12.0. The van der Waals surface area contributed by atoms with Gasteiger partial charge in [-0.25, -0.2) is 13.1 Å². The molecular formula is C12H12ClNO2S. The number of rotatable bonds is 3. The minimum atomic E-state index is -3.46. The molecule has 0 atom stereocenters. The van der Waals surface area contributed by atoms with Crippen molar-refractivity contribution < 1.29 is 8.42 Å². The lowest BCUT2D eigenvalue weighted by Gasteiger charge is -2.08. The Bertz CT molecular complexity index is 653. The summed E-state index contributed by atoms with van der Waals surface area (Å²) in [5.74, 6) is 0. The highest BCUT2D eigenvalue weighted by atomic mass is 35.5. The van der Waals surface area contributed by atoms with Gasteiger partial charge in [-0.05, 0) is 12.1 Å². The summed E-state index contributed by atoms with van der Waals surface area (Å²) in [6.07, 6.45) is 0. The van der Waals surface area contributed by atoms with Crippen molar-refractivity contribution in [3.8, 4) is 0 Å². The van der Waals surface area contributed by atoms with Gasteiger partial charge in [0.1, 0.15) is 0 Å². The summed E-state index contributed by atoms with van der Waals surface area (Å²) in [5, 5.41) is 1.94. The summed E-state index contributed by atoms with van der Waals surface area (Å²) in [4.78, 5) is 0.263. The fourth-order valence-electron chi connectivity index (χ4n) is 1.74. The van der Waals surface area contributed by atoms with Gasteiger partial charge >= 0.3 is 0 Å². The third kappa shape index (κ3) is 2.29. The first-order chi connectivity index (χ1) is 8.06. The van der Waals surface area contributed by atoms with E-state index in [2.05, 4.69) is 4.72 Å². The number of nitrogens with one attached hydrogen (secondary N) is 1. The first kappa shape index (κ1) is 12.4. The van der Waals surface area contributed by atoms with Crippen molar-refractivity contribution in [1.29, 1.82) is 0 Å². The number of fused-ring (bicyclic) bond motifs is 1. The molecule has 2 aromatic carbocycles. The van der Waals surface area contributed by atoms with Crippen molar-refractivity contribution in [3.63, 3.8) is 0 Å². The minimum absolute atomic E-state index is 0.263. The van der Waals surface area contributed by atoms with Crippen LogP contribution in [0.1, 0.15) is 6.92 Å². The second kappa shape index (κ2) is 4.64. The molecule has 1 N–H and O–H groups in total. The van der Waals surface area contributed by atoms with Crippen molar-refractivity contribution in [1.82, 2.24) is 4.72 Å². The van der Waals surface area contributed by atoms with Crippen LogP contribution < -0.4 is 4.72 Å². The molecule has 0 heterocycles. The minimum Gasteiger partial charge on any atom is -0.211 e. The third-order valence-corrected chi connectivity index (χ3v) is 4.39. The van der Waals surface area contributed by atoms with Gasteiger partial charge in [0.25, 0.3) is 0 Å². The van der Waals surface area contributed by atoms with Gasteiger partial charge in [-0.2, -0.15) is 0 Å². The summed E-state index contributed by atoms with van der Waals surface area (Å²) in [5.41, 5.74) is 0. The van der Waals surface area contributed by atoms with Gasteiger partial charge < -0.3 is 0 Å². The Morgan fingerprint density at radius 1 is 1.12 bits per heavy atom. The predicted molar refractivity (Wildman–Crippen MR) is 69.8 cm³/mol. The molecule has 90 valence electrons. The van der Waals surface area contributed by atoms with Crippen LogP contribution in [0.2, 0.25) is 5.02 Å². The number of benzene rings is 2. The molecule has 2 rings (SSSR count). The van der Waals surface area contributed by atoms with E-state index < -0.39 is 10.0 Å². The van der Waals surface area contributed by atoms with E-state index in [0.717, 1.165) is 5.39 Å². The Morgan fingerprint density at radius 2 is 1.76 bits per heavy atom. The molecule has 17 heavy (non-hydrogen) atoms. The lowest BCUT2D eigenvalue weighted by atomic mass is 10.1. The summed E-state index contributed by atoms with van der Waals surface area (Å²) in [6, 6.07) is 10.3. The zero-order valence-corrected chi connectivity index (χ0v) is 10.8. The molecule has 0 aliphatic rings. The molecule has 0 fully saturated rings. The molecule has 3 nitrogen and oxygen atoms in total. The average molecular weight is 270 g/mol. The van der Waals surface area contributed by atoms with E-state index >= 15 is 0 Å². The van der Waals surface area contributed by atoms with E-state index in [1.54, 1.807) is 37.3 Å². The Labute approximate surface area is 105 Å². The lowest BCUT2D eigenvalue weighted by Crippen LogP contribution is -2.23. The van der Waals surface area contributed by atoms with Crippen molar-refractivity contribution in [2.24, 2.45) is 0 Å². The summed E-state index contributed by atoms with van der Waals surface area (Å²) in [6.45, 7) is 2.11. The maximum atomic E-state index is 12.0. The van der Waals surface area contributed by atoms with E-state index in [9.17, 15) is 8.42 Å². The van der Waals surface area contributed by atoms with Crippen LogP contribution in [0.25, 0.3) is 10.8 Å². The molecular weight excluding hydrogens is 258 g/mol. The predicted octanol–water partition coefficient (Wildman–Crippen LogP) is 2.79. The molecule has 0 amide bonds. The second-order valence-electron chi connectivity index (χ2n) is 3.59. The largest absolute Gasteiger partial charge is 0.241 e. The highest BCUT2D eigenvalue weighted by Crippen LogP contribution is 2.28. The van der Waals surface area contributed by atoms with Crippen LogP contribution in [0.4, 0.5) is 0 Å². The van der Waals surface area contributed by atoms with Crippen molar-refractivity contribution in [2.45, 2.75) is 11.8 Å². The van der Waals surface area contributed by atoms with Crippen LogP contribution >= 0.6 is 11.6 Å². The van der Waals surface area contributed by atoms with Gasteiger partial charge in [0.2, 0.25) is 10.0 Å². The monoisotopic (exact) mass is 269 g/mol. The number of sulfonamides is 1. The first-order valence-corrected chi connectivity index (χ1v) is 7.09. The standard InChI is InChI=1S/C12H12ClNO2S/c1-2-14-17(15,16)12-8-4-5-9-10(12)6-3-7-11(9)13/h3-8,14H,2H2,1H3. The molecule has 0 unspecified atom stereocenters. The zero-order valence-electron chi connectivity index (χ0n) is 9.27. The molecule has 0 saturated carbocycles. The molecule has 5 heteroatoms. The number of hydrogen-bond donors (Lipinski definition) is 1. The molecule has 0 bridgehead atoms.